The number of hydrogen-bond donors (Lipinski definition) is 1. The van der Waals surface area contributed by atoms with Crippen molar-refractivity contribution in [3.8, 4) is 5.75 Å². The maximum absolute atomic E-state index is 12.6. The lowest BCUT2D eigenvalue weighted by molar-refractivity contribution is -0.924. The van der Waals surface area contributed by atoms with Crippen molar-refractivity contribution in [2.75, 3.05) is 38.2 Å². The fraction of sp³-hybridized carbons (Fsp3) is 0.316. The molecule has 1 fully saturated rings. The molecule has 0 aliphatic carbocycles. The van der Waals surface area contributed by atoms with Gasteiger partial charge in [0.15, 0.2) is 6.67 Å². The van der Waals surface area contributed by atoms with Crippen LogP contribution in [0.4, 0.5) is 5.69 Å². The molecule has 0 spiro atoms. The van der Waals surface area contributed by atoms with Crippen LogP contribution >= 0.6 is 0 Å². The number of rotatable bonds is 4. The van der Waals surface area contributed by atoms with Crippen LogP contribution in [0.3, 0.4) is 0 Å². The summed E-state index contributed by atoms with van der Waals surface area (Å²) in [6.45, 7) is 4.34. The van der Waals surface area contributed by atoms with E-state index in [2.05, 4.69) is 27.3 Å². The van der Waals surface area contributed by atoms with E-state index < -0.39 is 0 Å². The number of anilines is 1. The van der Waals surface area contributed by atoms with E-state index in [0.717, 1.165) is 31.9 Å². The molecule has 2 heterocycles. The van der Waals surface area contributed by atoms with Gasteiger partial charge in [-0.1, -0.05) is 17.3 Å². The van der Waals surface area contributed by atoms with E-state index >= 15 is 0 Å². The molecule has 0 unspecified atom stereocenters. The summed E-state index contributed by atoms with van der Waals surface area (Å²) >= 11 is 0. The highest BCUT2D eigenvalue weighted by Crippen LogP contribution is 2.18. The van der Waals surface area contributed by atoms with Crippen LogP contribution in [0.25, 0.3) is 10.9 Å². The molecule has 0 bridgehead atoms. The number of hydrogen-bond acceptors (Lipinski definition) is 5. The lowest BCUT2D eigenvalue weighted by atomic mass is 10.2. The molecule has 1 aliphatic heterocycles. The molecule has 2 aromatic carbocycles. The first kappa shape index (κ1) is 16.5. The van der Waals surface area contributed by atoms with E-state index in [4.69, 9.17) is 4.74 Å². The zero-order valence-electron chi connectivity index (χ0n) is 14.8. The second kappa shape index (κ2) is 7.13. The van der Waals surface area contributed by atoms with Crippen LogP contribution in [-0.2, 0) is 6.67 Å². The Hall–Kier alpha value is -2.93. The molecule has 0 radical (unpaired) electrons. The number of quaternary nitrogens is 1. The van der Waals surface area contributed by atoms with Crippen molar-refractivity contribution >= 4 is 16.6 Å². The summed E-state index contributed by atoms with van der Waals surface area (Å²) in [7, 11) is 1.68. The molecule has 26 heavy (non-hydrogen) atoms. The van der Waals surface area contributed by atoms with Crippen molar-refractivity contribution in [2.45, 2.75) is 6.67 Å². The van der Waals surface area contributed by atoms with Gasteiger partial charge in [0.2, 0.25) is 0 Å². The van der Waals surface area contributed by atoms with Gasteiger partial charge in [-0.25, -0.2) is 0 Å². The quantitative estimate of drug-likeness (QED) is 0.725. The van der Waals surface area contributed by atoms with Gasteiger partial charge in [-0.05, 0) is 36.4 Å². The minimum Gasteiger partial charge on any atom is -0.497 e. The van der Waals surface area contributed by atoms with Gasteiger partial charge in [0.1, 0.15) is 11.3 Å². The molecule has 0 atom stereocenters. The predicted octanol–water partition coefficient (Wildman–Crippen LogP) is 0.163. The molecule has 0 amide bonds. The van der Waals surface area contributed by atoms with Crippen molar-refractivity contribution in [3.63, 3.8) is 0 Å². The second-order valence-corrected chi connectivity index (χ2v) is 6.50. The van der Waals surface area contributed by atoms with Crippen LogP contribution in [0.1, 0.15) is 0 Å². The molecule has 1 N–H and O–H groups in total. The Kier molecular flexibility index (Phi) is 4.53. The van der Waals surface area contributed by atoms with Crippen LogP contribution in [0, 0.1) is 0 Å². The van der Waals surface area contributed by atoms with Crippen LogP contribution in [-0.4, -0.2) is 48.3 Å². The van der Waals surface area contributed by atoms with Gasteiger partial charge in [0.05, 0.1) is 38.7 Å². The number of nitrogens with one attached hydrogen (secondary N) is 1. The average Bonchev–Trinajstić information content (AvgIpc) is 2.71. The first-order valence-corrected chi connectivity index (χ1v) is 8.80. The Morgan fingerprint density at radius 1 is 1.08 bits per heavy atom. The summed E-state index contributed by atoms with van der Waals surface area (Å²) in [4.78, 5) is 16.3. The standard InChI is InChI=1S/C19H21N5O2/c1-26-16-8-6-15(7-9-16)23-12-10-22(11-13-23)14-24-19(25)17-4-2-3-5-18(17)20-21-24/h2-9H,10-14H2,1H3/p+1. The highest BCUT2D eigenvalue weighted by atomic mass is 16.5. The number of piperazine rings is 1. The van der Waals surface area contributed by atoms with Gasteiger partial charge in [0, 0.05) is 5.69 Å². The number of aromatic nitrogens is 3. The summed E-state index contributed by atoms with van der Waals surface area (Å²) in [5.74, 6) is 0.868. The van der Waals surface area contributed by atoms with E-state index in [1.807, 2.05) is 30.3 Å². The predicted molar refractivity (Wildman–Crippen MR) is 99.7 cm³/mol. The van der Waals surface area contributed by atoms with E-state index in [9.17, 15) is 4.79 Å². The fourth-order valence-electron chi connectivity index (χ4n) is 3.37. The van der Waals surface area contributed by atoms with Gasteiger partial charge in [-0.2, -0.15) is 4.68 Å². The van der Waals surface area contributed by atoms with Crippen molar-refractivity contribution < 1.29 is 9.64 Å². The minimum atomic E-state index is -0.0688. The van der Waals surface area contributed by atoms with E-state index in [1.165, 1.54) is 15.3 Å². The molecule has 1 aromatic heterocycles. The molecule has 7 heteroatoms. The number of benzene rings is 2. The SMILES string of the molecule is COc1ccc(N2CC[NH+](Cn3nnc4ccccc4c3=O)CC2)cc1. The first-order chi connectivity index (χ1) is 12.7. The highest BCUT2D eigenvalue weighted by Gasteiger charge is 2.21. The summed E-state index contributed by atoms with van der Waals surface area (Å²) < 4.78 is 6.70. The zero-order chi connectivity index (χ0) is 17.9. The number of methoxy groups -OCH3 is 1. The summed E-state index contributed by atoms with van der Waals surface area (Å²) in [5.41, 5.74) is 1.78. The number of nitrogens with zero attached hydrogens (tertiary/aromatic N) is 4. The van der Waals surface area contributed by atoms with Gasteiger partial charge in [-0.3, -0.25) is 4.79 Å². The van der Waals surface area contributed by atoms with Crippen molar-refractivity contribution in [1.82, 2.24) is 15.0 Å². The number of ether oxygens (including phenoxy) is 1. The fourth-order valence-corrected chi connectivity index (χ4v) is 3.37. The molecule has 7 nitrogen and oxygen atoms in total. The summed E-state index contributed by atoms with van der Waals surface area (Å²) in [6.07, 6.45) is 0. The molecule has 1 aliphatic rings. The monoisotopic (exact) mass is 352 g/mol. The Morgan fingerprint density at radius 2 is 1.81 bits per heavy atom. The third kappa shape index (κ3) is 3.25. The van der Waals surface area contributed by atoms with Crippen LogP contribution < -0.4 is 20.1 Å². The summed E-state index contributed by atoms with van der Waals surface area (Å²) in [5, 5.41) is 8.89. The molecular weight excluding hydrogens is 330 g/mol. The maximum atomic E-state index is 12.6. The normalized spacial score (nSPS) is 15.3. The van der Waals surface area contributed by atoms with Gasteiger partial charge in [0.25, 0.3) is 5.56 Å². The Bertz CT molecular complexity index is 946. The first-order valence-electron chi connectivity index (χ1n) is 8.80. The molecule has 134 valence electrons. The highest BCUT2D eigenvalue weighted by molar-refractivity contribution is 5.76. The maximum Gasteiger partial charge on any atom is 0.282 e. The molecule has 4 rings (SSSR count). The molecular formula is C19H22N5O2+. The van der Waals surface area contributed by atoms with Gasteiger partial charge in [-0.15, -0.1) is 5.10 Å². The Morgan fingerprint density at radius 3 is 2.54 bits per heavy atom. The third-order valence-electron chi connectivity index (χ3n) is 4.91. The smallest absolute Gasteiger partial charge is 0.282 e. The van der Waals surface area contributed by atoms with E-state index in [-0.39, 0.29) is 5.56 Å². The minimum absolute atomic E-state index is 0.0688. The van der Waals surface area contributed by atoms with E-state index in [0.29, 0.717) is 17.6 Å². The Labute approximate surface area is 151 Å². The van der Waals surface area contributed by atoms with Gasteiger partial charge >= 0.3 is 0 Å². The van der Waals surface area contributed by atoms with Crippen molar-refractivity contribution in [1.29, 1.82) is 0 Å². The average molecular weight is 352 g/mol. The lowest BCUT2D eigenvalue weighted by Crippen LogP contribution is -3.14. The van der Waals surface area contributed by atoms with Crippen LogP contribution in [0.15, 0.2) is 53.3 Å². The van der Waals surface area contributed by atoms with Gasteiger partial charge < -0.3 is 14.5 Å². The largest absolute Gasteiger partial charge is 0.497 e. The molecule has 1 saturated heterocycles. The van der Waals surface area contributed by atoms with Crippen molar-refractivity contribution in [2.24, 2.45) is 0 Å². The van der Waals surface area contributed by atoms with Crippen LogP contribution in [0.5, 0.6) is 5.75 Å². The Balaban J connectivity index is 1.42. The number of fused-ring (bicyclic) bond motifs is 1. The lowest BCUT2D eigenvalue weighted by Gasteiger charge is -2.33. The molecule has 0 saturated carbocycles. The third-order valence-corrected chi connectivity index (χ3v) is 4.91. The second-order valence-electron chi connectivity index (χ2n) is 6.50. The van der Waals surface area contributed by atoms with Crippen molar-refractivity contribution in [3.05, 3.63) is 58.9 Å². The summed E-state index contributed by atoms with van der Waals surface area (Å²) in [6, 6.07) is 15.5. The zero-order valence-corrected chi connectivity index (χ0v) is 14.8. The van der Waals surface area contributed by atoms with E-state index in [1.54, 1.807) is 13.2 Å². The molecule has 3 aromatic rings. The topological polar surface area (TPSA) is 64.7 Å². The van der Waals surface area contributed by atoms with Crippen LogP contribution in [0.2, 0.25) is 0 Å².